The Hall–Kier alpha value is -2.58. The third kappa shape index (κ3) is 4.41. The predicted octanol–water partition coefficient (Wildman–Crippen LogP) is 5.04. The highest BCUT2D eigenvalue weighted by Crippen LogP contribution is 2.52. The van der Waals surface area contributed by atoms with Crippen molar-refractivity contribution in [3.8, 4) is 0 Å². The summed E-state index contributed by atoms with van der Waals surface area (Å²) in [6.45, 7) is 3.31. The minimum absolute atomic E-state index is 0.0209. The molecule has 0 radical (unpaired) electrons. The number of carbonyl (C=O) groups is 3. The van der Waals surface area contributed by atoms with E-state index in [4.69, 9.17) is 4.42 Å². The van der Waals surface area contributed by atoms with Gasteiger partial charge >= 0.3 is 6.18 Å². The van der Waals surface area contributed by atoms with E-state index in [9.17, 15) is 27.6 Å². The van der Waals surface area contributed by atoms with Gasteiger partial charge in [0.05, 0.1) is 18.4 Å². The number of nitrogens with zero attached hydrogens (tertiary/aromatic N) is 1. The number of nitrogens with one attached hydrogen (secondary N) is 1. The molecule has 1 saturated carbocycles. The van der Waals surface area contributed by atoms with Crippen LogP contribution >= 0.6 is 0 Å². The van der Waals surface area contributed by atoms with Gasteiger partial charge in [-0.15, -0.1) is 0 Å². The van der Waals surface area contributed by atoms with Crippen molar-refractivity contribution in [2.75, 3.05) is 0 Å². The molecule has 3 aliphatic rings. The Morgan fingerprint density at radius 1 is 1.18 bits per heavy atom. The molecule has 1 aromatic heterocycles. The Labute approximate surface area is 196 Å². The molecule has 1 aliphatic heterocycles. The summed E-state index contributed by atoms with van der Waals surface area (Å²) in [5, 5.41) is 2.02. The zero-order valence-corrected chi connectivity index (χ0v) is 19.6. The van der Waals surface area contributed by atoms with Crippen LogP contribution in [0, 0.1) is 11.3 Å². The second kappa shape index (κ2) is 8.89. The Morgan fingerprint density at radius 3 is 2.50 bits per heavy atom. The van der Waals surface area contributed by atoms with E-state index in [-0.39, 0.29) is 37.3 Å². The van der Waals surface area contributed by atoms with Crippen molar-refractivity contribution in [1.82, 2.24) is 10.2 Å². The molecule has 1 fully saturated rings. The molecular weight excluding hydrogens is 449 g/mol. The fourth-order valence-electron chi connectivity index (χ4n) is 5.63. The Kier molecular flexibility index (Phi) is 6.42. The number of hydrogen-bond acceptors (Lipinski definition) is 4. The van der Waals surface area contributed by atoms with Gasteiger partial charge in [0.15, 0.2) is 5.78 Å². The van der Waals surface area contributed by atoms with Gasteiger partial charge in [-0.2, -0.15) is 13.2 Å². The van der Waals surface area contributed by atoms with Crippen molar-refractivity contribution in [3.05, 3.63) is 35.4 Å². The fraction of sp³-hybridized carbons (Fsp3) is 0.640. The molecule has 1 atom stereocenters. The van der Waals surface area contributed by atoms with Crippen LogP contribution in [0.3, 0.4) is 0 Å². The number of amides is 2. The quantitative estimate of drug-likeness (QED) is 0.619. The zero-order chi connectivity index (χ0) is 24.7. The molecule has 2 heterocycles. The highest BCUT2D eigenvalue weighted by Gasteiger charge is 2.71. The molecule has 0 bridgehead atoms. The maximum atomic E-state index is 14.7. The largest absolute Gasteiger partial charge is 0.467 e. The van der Waals surface area contributed by atoms with Crippen molar-refractivity contribution in [2.45, 2.75) is 89.9 Å². The summed E-state index contributed by atoms with van der Waals surface area (Å²) in [6, 6.07) is 3.13. The van der Waals surface area contributed by atoms with Crippen molar-refractivity contribution >= 4 is 17.6 Å². The van der Waals surface area contributed by atoms with Gasteiger partial charge in [0, 0.05) is 18.5 Å². The lowest BCUT2D eigenvalue weighted by Gasteiger charge is -2.35. The molecule has 1 aromatic rings. The van der Waals surface area contributed by atoms with Crippen LogP contribution in [-0.4, -0.2) is 34.2 Å². The van der Waals surface area contributed by atoms with Crippen LogP contribution in [0.15, 0.2) is 34.1 Å². The molecular formula is C25H31F3N2O4. The standard InChI is InChI=1S/C25H31F3N2O4/c1-23(2)13-18-21(19(31)14-23)24(25(26,27)28,22(33)30(18)15-17-9-6-12-34-17)29-20(32)11-10-16-7-4-3-5-8-16/h6,9,12,16H,3-5,7-8,10-11,13-15H2,1-2H3,(H,29,32). The summed E-state index contributed by atoms with van der Waals surface area (Å²) >= 11 is 0. The maximum absolute atomic E-state index is 14.7. The van der Waals surface area contributed by atoms with E-state index in [1.54, 1.807) is 26.0 Å². The molecule has 0 saturated heterocycles. The Morgan fingerprint density at radius 2 is 1.88 bits per heavy atom. The van der Waals surface area contributed by atoms with E-state index >= 15 is 0 Å². The molecule has 1 N–H and O–H groups in total. The normalized spacial score (nSPS) is 25.6. The van der Waals surface area contributed by atoms with E-state index in [1.807, 2.05) is 5.32 Å². The number of alkyl halides is 3. The summed E-state index contributed by atoms with van der Waals surface area (Å²) < 4.78 is 49.5. The highest BCUT2D eigenvalue weighted by atomic mass is 19.4. The van der Waals surface area contributed by atoms with Gasteiger partial charge in [-0.3, -0.25) is 14.4 Å². The third-order valence-electron chi connectivity index (χ3n) is 7.27. The van der Waals surface area contributed by atoms with Crippen LogP contribution in [-0.2, 0) is 20.9 Å². The number of rotatable bonds is 6. The lowest BCUT2D eigenvalue weighted by Crippen LogP contribution is -2.66. The van der Waals surface area contributed by atoms with Crippen LogP contribution in [0.5, 0.6) is 0 Å². The molecule has 4 rings (SSSR count). The zero-order valence-electron chi connectivity index (χ0n) is 19.6. The van der Waals surface area contributed by atoms with Crippen LogP contribution in [0.25, 0.3) is 0 Å². The van der Waals surface area contributed by atoms with Crippen molar-refractivity contribution < 1.29 is 32.0 Å². The number of ketones is 1. The van der Waals surface area contributed by atoms with E-state index in [0.29, 0.717) is 12.3 Å². The Bertz CT molecular complexity index is 990. The number of furan rings is 1. The van der Waals surface area contributed by atoms with E-state index in [2.05, 4.69) is 0 Å². The summed E-state index contributed by atoms with van der Waals surface area (Å²) in [6.07, 6.45) is 1.67. The van der Waals surface area contributed by atoms with Gasteiger partial charge in [0.1, 0.15) is 5.76 Å². The Balaban J connectivity index is 1.69. The topological polar surface area (TPSA) is 79.6 Å². The molecule has 2 aliphatic carbocycles. The van der Waals surface area contributed by atoms with Crippen molar-refractivity contribution in [1.29, 1.82) is 0 Å². The van der Waals surface area contributed by atoms with Crippen LogP contribution in [0.1, 0.15) is 77.4 Å². The average Bonchev–Trinajstić information content (AvgIpc) is 3.33. The van der Waals surface area contributed by atoms with Gasteiger partial charge in [0.25, 0.3) is 5.91 Å². The second-order valence-corrected chi connectivity index (χ2v) is 10.6. The van der Waals surface area contributed by atoms with Crippen molar-refractivity contribution in [2.24, 2.45) is 11.3 Å². The second-order valence-electron chi connectivity index (χ2n) is 10.6. The van der Waals surface area contributed by atoms with Gasteiger partial charge in [0.2, 0.25) is 11.4 Å². The monoisotopic (exact) mass is 480 g/mol. The first-order valence-corrected chi connectivity index (χ1v) is 11.9. The summed E-state index contributed by atoms with van der Waals surface area (Å²) in [5.74, 6) is -2.38. The summed E-state index contributed by atoms with van der Waals surface area (Å²) in [7, 11) is 0. The lowest BCUT2D eigenvalue weighted by molar-refractivity contribution is -0.195. The number of halogens is 3. The lowest BCUT2D eigenvalue weighted by atomic mass is 9.72. The summed E-state index contributed by atoms with van der Waals surface area (Å²) in [5.41, 5.74) is -4.61. The first-order valence-electron chi connectivity index (χ1n) is 11.9. The number of hydrogen-bond donors (Lipinski definition) is 1. The molecule has 0 spiro atoms. The highest BCUT2D eigenvalue weighted by molar-refractivity contribution is 6.13. The van der Waals surface area contributed by atoms with Crippen LogP contribution in [0.2, 0.25) is 0 Å². The average molecular weight is 481 g/mol. The first kappa shape index (κ1) is 24.5. The van der Waals surface area contributed by atoms with Gasteiger partial charge < -0.3 is 14.6 Å². The van der Waals surface area contributed by atoms with Gasteiger partial charge in [-0.1, -0.05) is 46.0 Å². The molecule has 2 amide bonds. The van der Waals surface area contributed by atoms with Crippen LogP contribution in [0.4, 0.5) is 13.2 Å². The summed E-state index contributed by atoms with van der Waals surface area (Å²) in [4.78, 5) is 40.5. The number of Topliss-reactive ketones (excluding diaryl/α,β-unsaturated/α-hetero) is 1. The minimum Gasteiger partial charge on any atom is -0.467 e. The van der Waals surface area contributed by atoms with E-state index in [1.165, 1.54) is 6.26 Å². The molecule has 6 nitrogen and oxygen atoms in total. The van der Waals surface area contributed by atoms with Gasteiger partial charge in [-0.25, -0.2) is 0 Å². The smallest absolute Gasteiger partial charge is 0.425 e. The van der Waals surface area contributed by atoms with Crippen molar-refractivity contribution in [3.63, 3.8) is 0 Å². The molecule has 1 unspecified atom stereocenters. The maximum Gasteiger partial charge on any atom is 0.425 e. The third-order valence-corrected chi connectivity index (χ3v) is 7.27. The molecule has 34 heavy (non-hydrogen) atoms. The van der Waals surface area contributed by atoms with Gasteiger partial charge in [-0.05, 0) is 36.3 Å². The van der Waals surface area contributed by atoms with Crippen LogP contribution < -0.4 is 5.32 Å². The molecule has 186 valence electrons. The van der Waals surface area contributed by atoms with E-state index in [0.717, 1.165) is 37.0 Å². The first-order chi connectivity index (χ1) is 15.9. The minimum atomic E-state index is -5.18. The predicted molar refractivity (Wildman–Crippen MR) is 117 cm³/mol. The number of carbonyl (C=O) groups excluding carboxylic acids is 3. The number of allylic oxidation sites excluding steroid dienone is 1. The van der Waals surface area contributed by atoms with E-state index < -0.39 is 40.3 Å². The fourth-order valence-corrected chi connectivity index (χ4v) is 5.63. The molecule has 9 heteroatoms. The SMILES string of the molecule is CC1(C)CC(=O)C2=C(C1)N(Cc1ccco1)C(=O)C2(NC(=O)CCC1CCCCC1)C(F)(F)F. The molecule has 0 aromatic carbocycles.